The van der Waals surface area contributed by atoms with Crippen molar-refractivity contribution in [3.63, 3.8) is 0 Å². The highest BCUT2D eigenvalue weighted by Crippen LogP contribution is 2.27. The van der Waals surface area contributed by atoms with Gasteiger partial charge in [-0.25, -0.2) is 4.39 Å². The summed E-state index contributed by atoms with van der Waals surface area (Å²) in [5.74, 6) is -0.718. The molecular formula is C18H20FNO. The first-order valence-corrected chi connectivity index (χ1v) is 7.05. The van der Waals surface area contributed by atoms with E-state index in [9.17, 15) is 9.18 Å². The number of carbonyl (C=O) groups excluding carboxylic acids is 1. The summed E-state index contributed by atoms with van der Waals surface area (Å²) in [5, 5.41) is 0. The summed E-state index contributed by atoms with van der Waals surface area (Å²) in [6, 6.07) is 11.4. The number of nitrogen functional groups attached to an aromatic ring is 1. The normalized spacial score (nSPS) is 11.4. The van der Waals surface area contributed by atoms with Crippen LogP contribution in [0.2, 0.25) is 0 Å². The first-order chi connectivity index (χ1) is 9.83. The number of halogens is 1. The lowest BCUT2D eigenvalue weighted by Gasteiger charge is -2.23. The number of benzene rings is 2. The van der Waals surface area contributed by atoms with E-state index in [1.54, 1.807) is 12.1 Å². The van der Waals surface area contributed by atoms with E-state index < -0.39 is 5.82 Å². The van der Waals surface area contributed by atoms with Gasteiger partial charge < -0.3 is 5.73 Å². The molecule has 21 heavy (non-hydrogen) atoms. The molecule has 110 valence electrons. The first kappa shape index (κ1) is 15.2. The summed E-state index contributed by atoms with van der Waals surface area (Å²) in [7, 11) is 0. The summed E-state index contributed by atoms with van der Waals surface area (Å²) in [5.41, 5.74) is 7.90. The van der Waals surface area contributed by atoms with Crippen molar-refractivity contribution >= 4 is 11.5 Å². The van der Waals surface area contributed by atoms with Crippen LogP contribution in [-0.4, -0.2) is 5.78 Å². The highest BCUT2D eigenvalue weighted by molar-refractivity contribution is 6.09. The van der Waals surface area contributed by atoms with Crippen molar-refractivity contribution in [1.82, 2.24) is 0 Å². The SMILES string of the molecule is CCC(C)(C)c1ccc(C(=O)c2cc(N)cc(F)c2)cc1. The molecule has 0 aliphatic carbocycles. The Labute approximate surface area is 124 Å². The Hall–Kier alpha value is -2.16. The number of hydrogen-bond donors (Lipinski definition) is 1. The predicted molar refractivity (Wildman–Crippen MR) is 84.0 cm³/mol. The van der Waals surface area contributed by atoms with E-state index in [4.69, 9.17) is 5.73 Å². The predicted octanol–water partition coefficient (Wildman–Crippen LogP) is 4.33. The molecule has 0 aliphatic rings. The van der Waals surface area contributed by atoms with Gasteiger partial charge in [0.1, 0.15) is 5.82 Å². The Bertz CT molecular complexity index is 639. The topological polar surface area (TPSA) is 43.1 Å². The minimum atomic E-state index is -0.498. The molecule has 2 aromatic rings. The van der Waals surface area contributed by atoms with Crippen LogP contribution in [0.4, 0.5) is 10.1 Å². The second-order valence-electron chi connectivity index (χ2n) is 5.92. The zero-order valence-corrected chi connectivity index (χ0v) is 12.6. The van der Waals surface area contributed by atoms with Crippen molar-refractivity contribution in [2.75, 3.05) is 5.73 Å². The zero-order chi connectivity index (χ0) is 15.6. The van der Waals surface area contributed by atoms with Gasteiger partial charge in [0.25, 0.3) is 0 Å². The molecule has 0 spiro atoms. The van der Waals surface area contributed by atoms with Crippen LogP contribution in [0.5, 0.6) is 0 Å². The molecule has 0 heterocycles. The van der Waals surface area contributed by atoms with Crippen molar-refractivity contribution in [2.24, 2.45) is 0 Å². The molecule has 0 atom stereocenters. The molecular weight excluding hydrogens is 265 g/mol. The van der Waals surface area contributed by atoms with Crippen LogP contribution < -0.4 is 5.73 Å². The summed E-state index contributed by atoms with van der Waals surface area (Å²) in [6.07, 6.45) is 1.01. The Morgan fingerprint density at radius 3 is 2.24 bits per heavy atom. The largest absolute Gasteiger partial charge is 0.399 e. The van der Waals surface area contributed by atoms with Gasteiger partial charge in [0.15, 0.2) is 5.78 Å². The molecule has 2 aromatic carbocycles. The standard InChI is InChI=1S/C18H20FNO/c1-4-18(2,3)14-7-5-12(6-8-14)17(21)13-9-15(19)11-16(20)10-13/h5-11H,4,20H2,1-3H3. The fraction of sp³-hybridized carbons (Fsp3) is 0.278. The van der Waals surface area contributed by atoms with Gasteiger partial charge in [-0.05, 0) is 35.6 Å². The van der Waals surface area contributed by atoms with E-state index in [0.717, 1.165) is 6.42 Å². The first-order valence-electron chi connectivity index (χ1n) is 7.05. The molecule has 0 bridgehead atoms. The number of nitrogens with two attached hydrogens (primary N) is 1. The minimum Gasteiger partial charge on any atom is -0.399 e. The van der Waals surface area contributed by atoms with Crippen LogP contribution >= 0.6 is 0 Å². The molecule has 0 fully saturated rings. The molecule has 2 N–H and O–H groups in total. The Balaban J connectivity index is 2.32. The second kappa shape index (κ2) is 5.68. The highest BCUT2D eigenvalue weighted by Gasteiger charge is 2.18. The van der Waals surface area contributed by atoms with E-state index in [1.807, 2.05) is 12.1 Å². The molecule has 0 aromatic heterocycles. The van der Waals surface area contributed by atoms with Crippen molar-refractivity contribution in [2.45, 2.75) is 32.6 Å². The number of ketones is 1. The molecule has 2 nitrogen and oxygen atoms in total. The number of carbonyl (C=O) groups is 1. The second-order valence-corrected chi connectivity index (χ2v) is 5.92. The Kier molecular flexibility index (Phi) is 4.12. The zero-order valence-electron chi connectivity index (χ0n) is 12.6. The van der Waals surface area contributed by atoms with Gasteiger partial charge in [-0.2, -0.15) is 0 Å². The molecule has 0 radical (unpaired) electrons. The third-order valence-electron chi connectivity index (χ3n) is 3.99. The van der Waals surface area contributed by atoms with Gasteiger partial charge in [0, 0.05) is 16.8 Å². The lowest BCUT2D eigenvalue weighted by molar-refractivity contribution is 0.103. The number of anilines is 1. The summed E-state index contributed by atoms with van der Waals surface area (Å²) in [6.45, 7) is 6.46. The van der Waals surface area contributed by atoms with Crippen molar-refractivity contribution in [3.8, 4) is 0 Å². The summed E-state index contributed by atoms with van der Waals surface area (Å²) < 4.78 is 13.3. The van der Waals surface area contributed by atoms with E-state index in [0.29, 0.717) is 5.56 Å². The van der Waals surface area contributed by atoms with Crippen molar-refractivity contribution < 1.29 is 9.18 Å². The van der Waals surface area contributed by atoms with Crippen LogP contribution in [0.15, 0.2) is 42.5 Å². The van der Waals surface area contributed by atoms with Crippen LogP contribution in [0.25, 0.3) is 0 Å². The fourth-order valence-electron chi connectivity index (χ4n) is 2.19. The van der Waals surface area contributed by atoms with Gasteiger partial charge >= 0.3 is 0 Å². The van der Waals surface area contributed by atoms with E-state index >= 15 is 0 Å². The summed E-state index contributed by atoms with van der Waals surface area (Å²) >= 11 is 0. The molecule has 2 rings (SSSR count). The third-order valence-corrected chi connectivity index (χ3v) is 3.99. The number of hydrogen-bond acceptors (Lipinski definition) is 2. The van der Waals surface area contributed by atoms with Crippen LogP contribution in [-0.2, 0) is 5.41 Å². The quantitative estimate of drug-likeness (QED) is 0.671. The van der Waals surface area contributed by atoms with Crippen LogP contribution in [0, 0.1) is 5.82 Å². The fourth-order valence-corrected chi connectivity index (χ4v) is 2.19. The number of rotatable bonds is 4. The van der Waals surface area contributed by atoms with Crippen molar-refractivity contribution in [3.05, 3.63) is 65.0 Å². The smallest absolute Gasteiger partial charge is 0.193 e. The maximum Gasteiger partial charge on any atom is 0.193 e. The van der Waals surface area contributed by atoms with Gasteiger partial charge in [-0.15, -0.1) is 0 Å². The van der Waals surface area contributed by atoms with E-state index in [2.05, 4.69) is 20.8 Å². The molecule has 0 unspecified atom stereocenters. The molecule has 0 aliphatic heterocycles. The Morgan fingerprint density at radius 2 is 1.71 bits per heavy atom. The van der Waals surface area contributed by atoms with Crippen molar-refractivity contribution in [1.29, 1.82) is 0 Å². The highest BCUT2D eigenvalue weighted by atomic mass is 19.1. The van der Waals surface area contributed by atoms with Gasteiger partial charge in [-0.3, -0.25) is 4.79 Å². The molecule has 0 amide bonds. The van der Waals surface area contributed by atoms with Crippen LogP contribution in [0.3, 0.4) is 0 Å². The van der Waals surface area contributed by atoms with Gasteiger partial charge in [0.2, 0.25) is 0 Å². The third kappa shape index (κ3) is 3.30. The molecule has 0 saturated carbocycles. The average molecular weight is 285 g/mol. The summed E-state index contributed by atoms with van der Waals surface area (Å²) in [4.78, 5) is 12.4. The average Bonchev–Trinajstić information content (AvgIpc) is 2.45. The van der Waals surface area contributed by atoms with E-state index in [1.165, 1.54) is 23.8 Å². The Morgan fingerprint density at radius 1 is 1.10 bits per heavy atom. The van der Waals surface area contributed by atoms with E-state index in [-0.39, 0.29) is 22.4 Å². The monoisotopic (exact) mass is 285 g/mol. The van der Waals surface area contributed by atoms with Gasteiger partial charge in [0.05, 0.1) is 0 Å². The van der Waals surface area contributed by atoms with Crippen LogP contribution in [0.1, 0.15) is 48.7 Å². The molecule has 3 heteroatoms. The minimum absolute atomic E-state index is 0.0743. The van der Waals surface area contributed by atoms with Gasteiger partial charge in [-0.1, -0.05) is 45.0 Å². The maximum absolute atomic E-state index is 13.3. The lowest BCUT2D eigenvalue weighted by Crippen LogP contribution is -2.15. The molecule has 0 saturated heterocycles. The lowest BCUT2D eigenvalue weighted by atomic mass is 9.82. The maximum atomic E-state index is 13.3.